The number of hydrogen-bond donors (Lipinski definition) is 2. The van der Waals surface area contributed by atoms with E-state index >= 15 is 0 Å². The van der Waals surface area contributed by atoms with Gasteiger partial charge in [0.1, 0.15) is 0 Å². The lowest BCUT2D eigenvalue weighted by atomic mass is 10.2. The predicted molar refractivity (Wildman–Crippen MR) is 74.0 cm³/mol. The van der Waals surface area contributed by atoms with E-state index in [9.17, 15) is 8.42 Å². The summed E-state index contributed by atoms with van der Waals surface area (Å²) >= 11 is 0. The van der Waals surface area contributed by atoms with E-state index in [1.807, 2.05) is 0 Å². The minimum absolute atomic E-state index is 0.236. The minimum Gasteiger partial charge on any atom is -0.314 e. The van der Waals surface area contributed by atoms with Crippen molar-refractivity contribution in [3.05, 3.63) is 0 Å². The van der Waals surface area contributed by atoms with Gasteiger partial charge in [-0.05, 0) is 51.0 Å². The Hall–Kier alpha value is -0.130. The fourth-order valence-electron chi connectivity index (χ4n) is 2.38. The van der Waals surface area contributed by atoms with Crippen molar-refractivity contribution in [1.29, 1.82) is 0 Å². The first-order valence-electron chi connectivity index (χ1n) is 7.34. The highest BCUT2D eigenvalue weighted by atomic mass is 32.2. The van der Waals surface area contributed by atoms with Crippen LogP contribution >= 0.6 is 0 Å². The highest BCUT2D eigenvalue weighted by molar-refractivity contribution is 7.89. The molecule has 0 aliphatic heterocycles. The van der Waals surface area contributed by atoms with Gasteiger partial charge in [0.25, 0.3) is 0 Å². The van der Waals surface area contributed by atoms with Crippen molar-refractivity contribution in [2.75, 3.05) is 12.3 Å². The third kappa shape index (κ3) is 5.24. The van der Waals surface area contributed by atoms with E-state index in [-0.39, 0.29) is 11.8 Å². The second-order valence-corrected chi connectivity index (χ2v) is 7.64. The van der Waals surface area contributed by atoms with Crippen molar-refractivity contribution >= 4 is 10.0 Å². The molecule has 0 saturated heterocycles. The number of unbranched alkanes of at least 4 members (excludes halogenated alkanes) is 1. The summed E-state index contributed by atoms with van der Waals surface area (Å²) < 4.78 is 26.4. The minimum atomic E-state index is -3.03. The lowest BCUT2D eigenvalue weighted by molar-refractivity contribution is 0.565. The predicted octanol–water partition coefficient (Wildman–Crippen LogP) is 1.63. The summed E-state index contributed by atoms with van der Waals surface area (Å²) in [7, 11) is -3.03. The van der Waals surface area contributed by atoms with Gasteiger partial charge in [0, 0.05) is 12.1 Å². The molecule has 0 aromatic heterocycles. The number of sulfonamides is 1. The first kappa shape index (κ1) is 14.3. The lowest BCUT2D eigenvalue weighted by Crippen LogP contribution is -2.30. The maximum atomic E-state index is 11.8. The van der Waals surface area contributed by atoms with Gasteiger partial charge >= 0.3 is 0 Å². The molecular weight excluding hydrogens is 248 g/mol. The van der Waals surface area contributed by atoms with Crippen LogP contribution in [0.15, 0.2) is 0 Å². The molecule has 2 unspecified atom stereocenters. The molecule has 0 bridgehead atoms. The highest BCUT2D eigenvalue weighted by Crippen LogP contribution is 2.35. The molecule has 2 rings (SSSR count). The zero-order chi connectivity index (χ0) is 13.0. The van der Waals surface area contributed by atoms with Crippen molar-refractivity contribution in [2.24, 2.45) is 5.92 Å². The Morgan fingerprint density at radius 1 is 1.22 bits per heavy atom. The van der Waals surface area contributed by atoms with Crippen LogP contribution in [0.2, 0.25) is 0 Å². The summed E-state index contributed by atoms with van der Waals surface area (Å²) in [6, 6.07) is 0.959. The molecule has 0 radical (unpaired) electrons. The van der Waals surface area contributed by atoms with Gasteiger partial charge in [-0.15, -0.1) is 0 Å². The summed E-state index contributed by atoms with van der Waals surface area (Å²) in [6.07, 6.45) is 7.64. The molecule has 2 atom stereocenters. The van der Waals surface area contributed by atoms with E-state index in [0.29, 0.717) is 5.92 Å². The van der Waals surface area contributed by atoms with Gasteiger partial charge in [-0.25, -0.2) is 13.1 Å². The molecule has 2 N–H and O–H groups in total. The van der Waals surface area contributed by atoms with E-state index < -0.39 is 10.0 Å². The van der Waals surface area contributed by atoms with Crippen LogP contribution in [0.1, 0.15) is 51.9 Å². The van der Waals surface area contributed by atoms with Gasteiger partial charge in [-0.1, -0.05) is 13.3 Å². The largest absolute Gasteiger partial charge is 0.314 e. The number of nitrogens with one attached hydrogen (secondary N) is 2. The van der Waals surface area contributed by atoms with Crippen LogP contribution in [0.25, 0.3) is 0 Å². The standard InChI is InChI=1S/C13H26N2O2S/c1-2-5-11-10-13(11)15-18(16,17)9-4-3-8-14-12-6-7-12/h11-15H,2-10H2,1H3. The molecule has 18 heavy (non-hydrogen) atoms. The van der Waals surface area contributed by atoms with Gasteiger partial charge in [0.05, 0.1) is 5.75 Å². The quantitative estimate of drug-likeness (QED) is 0.595. The summed E-state index contributed by atoms with van der Waals surface area (Å²) in [6.45, 7) is 3.11. The average Bonchev–Trinajstić information content (AvgIpc) is 3.17. The summed E-state index contributed by atoms with van der Waals surface area (Å²) in [5.74, 6) is 0.885. The van der Waals surface area contributed by atoms with E-state index in [1.165, 1.54) is 12.8 Å². The summed E-state index contributed by atoms with van der Waals surface area (Å²) in [5, 5.41) is 3.40. The fraction of sp³-hybridized carbons (Fsp3) is 1.00. The molecule has 0 amide bonds. The van der Waals surface area contributed by atoms with Crippen molar-refractivity contribution in [2.45, 2.75) is 64.0 Å². The summed E-state index contributed by atoms with van der Waals surface area (Å²) in [5.41, 5.74) is 0. The zero-order valence-corrected chi connectivity index (χ0v) is 12.1. The molecule has 0 heterocycles. The van der Waals surface area contributed by atoms with Crippen LogP contribution in [0.3, 0.4) is 0 Å². The first-order valence-corrected chi connectivity index (χ1v) is 8.99. The van der Waals surface area contributed by atoms with Gasteiger partial charge in [0.15, 0.2) is 0 Å². The molecule has 0 spiro atoms. The number of hydrogen-bond acceptors (Lipinski definition) is 3. The van der Waals surface area contributed by atoms with Gasteiger partial charge in [-0.3, -0.25) is 0 Å². The number of rotatable bonds is 10. The molecular formula is C13H26N2O2S. The third-order valence-corrected chi connectivity index (χ3v) is 5.25. The highest BCUT2D eigenvalue weighted by Gasteiger charge is 2.38. The Bertz CT molecular complexity index is 352. The van der Waals surface area contributed by atoms with E-state index in [2.05, 4.69) is 17.0 Å². The topological polar surface area (TPSA) is 58.2 Å². The monoisotopic (exact) mass is 274 g/mol. The Kier molecular flexibility index (Phi) is 5.04. The van der Waals surface area contributed by atoms with Crippen LogP contribution in [-0.4, -0.2) is 32.8 Å². The van der Waals surface area contributed by atoms with E-state index in [0.717, 1.165) is 44.7 Å². The summed E-state index contributed by atoms with van der Waals surface area (Å²) in [4.78, 5) is 0. The van der Waals surface area contributed by atoms with Crippen LogP contribution in [0.4, 0.5) is 0 Å². The first-order chi connectivity index (χ1) is 8.61. The fourth-order valence-corrected chi connectivity index (χ4v) is 3.83. The van der Waals surface area contributed by atoms with Gasteiger partial charge in [0.2, 0.25) is 10.0 Å². The Morgan fingerprint density at radius 3 is 2.67 bits per heavy atom. The normalized spacial score (nSPS) is 27.4. The third-order valence-electron chi connectivity index (χ3n) is 3.76. The molecule has 0 aromatic carbocycles. The molecule has 2 aliphatic rings. The average molecular weight is 274 g/mol. The maximum Gasteiger partial charge on any atom is 0.211 e. The van der Waals surface area contributed by atoms with Gasteiger partial charge < -0.3 is 5.32 Å². The van der Waals surface area contributed by atoms with Crippen molar-refractivity contribution in [3.8, 4) is 0 Å². The SMILES string of the molecule is CCCC1CC1NS(=O)(=O)CCCCNC1CC1. The lowest BCUT2D eigenvalue weighted by Gasteiger charge is -2.06. The van der Waals surface area contributed by atoms with E-state index in [4.69, 9.17) is 0 Å². The van der Waals surface area contributed by atoms with Crippen LogP contribution in [0.5, 0.6) is 0 Å². The Labute approximate surface area is 111 Å². The molecule has 106 valence electrons. The smallest absolute Gasteiger partial charge is 0.211 e. The molecule has 4 nitrogen and oxygen atoms in total. The van der Waals surface area contributed by atoms with Crippen LogP contribution in [0, 0.1) is 5.92 Å². The molecule has 0 aromatic rings. The van der Waals surface area contributed by atoms with Crippen molar-refractivity contribution in [1.82, 2.24) is 10.0 Å². The maximum absolute atomic E-state index is 11.8. The molecule has 2 saturated carbocycles. The molecule has 2 aliphatic carbocycles. The van der Waals surface area contributed by atoms with Crippen molar-refractivity contribution in [3.63, 3.8) is 0 Å². The van der Waals surface area contributed by atoms with Crippen molar-refractivity contribution < 1.29 is 8.42 Å². The second kappa shape index (κ2) is 6.35. The molecule has 2 fully saturated rings. The van der Waals surface area contributed by atoms with Crippen LogP contribution < -0.4 is 10.0 Å². The molecule has 5 heteroatoms. The Morgan fingerprint density at radius 2 is 2.00 bits per heavy atom. The Balaban J connectivity index is 1.53. The second-order valence-electron chi connectivity index (χ2n) is 5.76. The van der Waals surface area contributed by atoms with Crippen LogP contribution in [-0.2, 0) is 10.0 Å². The zero-order valence-electron chi connectivity index (χ0n) is 11.3. The van der Waals surface area contributed by atoms with E-state index in [1.54, 1.807) is 0 Å². The van der Waals surface area contributed by atoms with Gasteiger partial charge in [-0.2, -0.15) is 0 Å².